The van der Waals surface area contributed by atoms with E-state index in [4.69, 9.17) is 0 Å². The fourth-order valence-corrected chi connectivity index (χ4v) is 1.94. The smallest absolute Gasteiger partial charge is 0.189 e. The molecular weight excluding hydrogens is 192 g/mol. The predicted molar refractivity (Wildman–Crippen MR) is 65.2 cm³/mol. The number of carbonyl (C=O) groups is 1. The van der Waals surface area contributed by atoms with Crippen molar-refractivity contribution in [3.63, 3.8) is 0 Å². The van der Waals surface area contributed by atoms with Crippen LogP contribution in [0.25, 0.3) is 0 Å². The molecule has 0 N–H and O–H groups in total. The molecule has 0 aliphatic heterocycles. The van der Waals surface area contributed by atoms with Gasteiger partial charge in [-0.25, -0.2) is 0 Å². The van der Waals surface area contributed by atoms with Crippen LogP contribution >= 0.6 is 11.8 Å². The fourth-order valence-electron chi connectivity index (χ4n) is 1.42. The zero-order valence-corrected chi connectivity index (χ0v) is 10.4. The first kappa shape index (κ1) is 14.0. The van der Waals surface area contributed by atoms with Crippen molar-refractivity contribution in [2.24, 2.45) is 0 Å². The summed E-state index contributed by atoms with van der Waals surface area (Å²) >= 11 is 1.34. The van der Waals surface area contributed by atoms with Crippen molar-refractivity contribution in [1.82, 2.24) is 0 Å². The van der Waals surface area contributed by atoms with Gasteiger partial charge in [-0.15, -0.1) is 0 Å². The molecule has 0 rings (SSSR count). The van der Waals surface area contributed by atoms with Crippen molar-refractivity contribution >= 4 is 16.9 Å². The lowest BCUT2D eigenvalue weighted by molar-refractivity contribution is -0.111. The first-order chi connectivity index (χ1) is 6.81. The van der Waals surface area contributed by atoms with Crippen molar-refractivity contribution in [2.75, 3.05) is 0 Å². The van der Waals surface area contributed by atoms with E-state index in [1.54, 1.807) is 0 Å². The van der Waals surface area contributed by atoms with Gasteiger partial charge in [-0.05, 0) is 6.42 Å². The molecule has 0 amide bonds. The Hall–Kier alpha value is 0.0200. The summed E-state index contributed by atoms with van der Waals surface area (Å²) in [7, 11) is 0. The maximum atomic E-state index is 11.1. The van der Waals surface area contributed by atoms with E-state index in [1.165, 1.54) is 50.3 Å². The molecule has 0 spiro atoms. The van der Waals surface area contributed by atoms with Gasteiger partial charge in [-0.3, -0.25) is 4.79 Å². The van der Waals surface area contributed by atoms with Crippen molar-refractivity contribution < 1.29 is 4.79 Å². The van der Waals surface area contributed by atoms with Crippen molar-refractivity contribution in [3.8, 4) is 0 Å². The molecule has 0 aromatic carbocycles. The second-order valence-corrected chi connectivity index (χ2v) is 4.76. The molecule has 0 unspecified atom stereocenters. The Bertz CT molecular complexity index is 134. The van der Waals surface area contributed by atoms with Crippen LogP contribution in [-0.2, 0) is 4.79 Å². The lowest BCUT2D eigenvalue weighted by atomic mass is 10.1. The van der Waals surface area contributed by atoms with Crippen molar-refractivity contribution in [1.29, 1.82) is 0 Å². The van der Waals surface area contributed by atoms with Crippen LogP contribution in [0, 0.1) is 5.75 Å². The Kier molecular flexibility index (Phi) is 11.1. The fraction of sp³-hybridized carbons (Fsp3) is 0.833. The van der Waals surface area contributed by atoms with Crippen LogP contribution in [0.2, 0.25) is 0 Å². The van der Waals surface area contributed by atoms with Gasteiger partial charge in [0.15, 0.2) is 5.12 Å². The third-order valence-corrected chi connectivity index (χ3v) is 2.94. The molecule has 83 valence electrons. The van der Waals surface area contributed by atoms with Gasteiger partial charge in [0, 0.05) is 12.2 Å². The van der Waals surface area contributed by atoms with E-state index in [-0.39, 0.29) is 0 Å². The van der Waals surface area contributed by atoms with E-state index in [0.29, 0.717) is 5.12 Å². The average Bonchev–Trinajstić information content (AvgIpc) is 2.17. The van der Waals surface area contributed by atoms with Gasteiger partial charge in [-0.1, -0.05) is 64.1 Å². The Morgan fingerprint density at radius 2 is 1.64 bits per heavy atom. The van der Waals surface area contributed by atoms with Crippen LogP contribution in [0.1, 0.15) is 65.2 Å². The summed E-state index contributed by atoms with van der Waals surface area (Å²) in [5.41, 5.74) is 0. The first-order valence-corrected chi connectivity index (χ1v) is 6.66. The highest BCUT2D eigenvalue weighted by molar-refractivity contribution is 8.15. The summed E-state index contributed by atoms with van der Waals surface area (Å²) in [5.74, 6) is 1.86. The first-order valence-electron chi connectivity index (χ1n) is 5.78. The van der Waals surface area contributed by atoms with Crippen LogP contribution < -0.4 is 0 Å². The van der Waals surface area contributed by atoms with Gasteiger partial charge >= 0.3 is 0 Å². The zero-order chi connectivity index (χ0) is 10.6. The van der Waals surface area contributed by atoms with Crippen LogP contribution in [0.4, 0.5) is 0 Å². The maximum absolute atomic E-state index is 11.1. The standard InChI is InChI=1S/C12H23OS/c1-3-5-6-7-8-9-10-11-12(13)14-4-2/h4H,3,5-11H2,1-2H3. The highest BCUT2D eigenvalue weighted by atomic mass is 32.2. The van der Waals surface area contributed by atoms with E-state index in [1.807, 2.05) is 12.7 Å². The monoisotopic (exact) mass is 215 g/mol. The molecule has 0 aliphatic rings. The molecule has 1 radical (unpaired) electrons. The lowest BCUT2D eigenvalue weighted by Crippen LogP contribution is -1.90. The Labute approximate surface area is 93.0 Å². The number of rotatable bonds is 9. The van der Waals surface area contributed by atoms with E-state index < -0.39 is 0 Å². The van der Waals surface area contributed by atoms with Gasteiger partial charge in [0.25, 0.3) is 0 Å². The molecule has 0 atom stereocenters. The van der Waals surface area contributed by atoms with E-state index in [9.17, 15) is 4.79 Å². The highest BCUT2D eigenvalue weighted by Crippen LogP contribution is 2.13. The minimum atomic E-state index is 0.320. The number of thioether (sulfide) groups is 1. The quantitative estimate of drug-likeness (QED) is 0.524. The molecule has 0 saturated heterocycles. The predicted octanol–water partition coefficient (Wildman–Crippen LogP) is 4.57. The summed E-state index contributed by atoms with van der Waals surface area (Å²) < 4.78 is 0. The van der Waals surface area contributed by atoms with Crippen molar-refractivity contribution in [3.05, 3.63) is 5.75 Å². The average molecular weight is 215 g/mol. The topological polar surface area (TPSA) is 17.1 Å². The zero-order valence-electron chi connectivity index (χ0n) is 9.55. The van der Waals surface area contributed by atoms with Gasteiger partial charge in [0.1, 0.15) is 0 Å². The number of unbranched alkanes of at least 4 members (excludes halogenated alkanes) is 6. The molecule has 0 heterocycles. The van der Waals surface area contributed by atoms with Gasteiger partial charge in [0.05, 0.1) is 0 Å². The Morgan fingerprint density at radius 3 is 2.21 bits per heavy atom. The minimum absolute atomic E-state index is 0.320. The van der Waals surface area contributed by atoms with Crippen LogP contribution in [0.15, 0.2) is 0 Å². The molecule has 0 bridgehead atoms. The molecule has 0 fully saturated rings. The molecule has 0 aromatic rings. The second kappa shape index (κ2) is 11.1. The van der Waals surface area contributed by atoms with E-state index in [2.05, 4.69) is 6.92 Å². The molecule has 0 aromatic heterocycles. The van der Waals surface area contributed by atoms with Gasteiger partial charge < -0.3 is 0 Å². The van der Waals surface area contributed by atoms with Crippen LogP contribution in [-0.4, -0.2) is 5.12 Å². The van der Waals surface area contributed by atoms with E-state index >= 15 is 0 Å². The number of hydrogen-bond donors (Lipinski definition) is 0. The van der Waals surface area contributed by atoms with Gasteiger partial charge in [0.2, 0.25) is 0 Å². The van der Waals surface area contributed by atoms with Crippen LogP contribution in [0.5, 0.6) is 0 Å². The molecular formula is C12H23OS. The Morgan fingerprint density at radius 1 is 1.07 bits per heavy atom. The van der Waals surface area contributed by atoms with Crippen LogP contribution in [0.3, 0.4) is 0 Å². The molecule has 0 saturated carbocycles. The lowest BCUT2D eigenvalue weighted by Gasteiger charge is -2.00. The summed E-state index contributed by atoms with van der Waals surface area (Å²) in [6.07, 6.45) is 9.72. The second-order valence-electron chi connectivity index (χ2n) is 3.60. The number of hydrogen-bond acceptors (Lipinski definition) is 2. The summed E-state index contributed by atoms with van der Waals surface area (Å²) in [5, 5.41) is 0.320. The third kappa shape index (κ3) is 10.1. The molecule has 0 aliphatic carbocycles. The highest BCUT2D eigenvalue weighted by Gasteiger charge is 2.00. The number of carbonyl (C=O) groups excluding carboxylic acids is 1. The van der Waals surface area contributed by atoms with Crippen molar-refractivity contribution in [2.45, 2.75) is 65.2 Å². The maximum Gasteiger partial charge on any atom is 0.189 e. The normalized spacial score (nSPS) is 10.4. The molecule has 2 heteroatoms. The summed E-state index contributed by atoms with van der Waals surface area (Å²) in [4.78, 5) is 11.1. The summed E-state index contributed by atoms with van der Waals surface area (Å²) in [6, 6.07) is 0. The SMILES string of the molecule is C[CH]SC(=O)CCCCCCCCC. The third-order valence-electron chi connectivity index (χ3n) is 2.23. The minimum Gasteiger partial charge on any atom is -0.287 e. The molecule has 14 heavy (non-hydrogen) atoms. The van der Waals surface area contributed by atoms with Gasteiger partial charge in [-0.2, -0.15) is 0 Å². The summed E-state index contributed by atoms with van der Waals surface area (Å²) in [6.45, 7) is 4.14. The van der Waals surface area contributed by atoms with E-state index in [0.717, 1.165) is 12.8 Å². The Balaban J connectivity index is 3.01. The molecule has 1 nitrogen and oxygen atoms in total. The largest absolute Gasteiger partial charge is 0.287 e.